The second-order valence-corrected chi connectivity index (χ2v) is 4.83. The zero-order valence-corrected chi connectivity index (χ0v) is 13.0. The normalized spacial score (nSPS) is 10.2. The molecule has 0 spiro atoms. The lowest BCUT2D eigenvalue weighted by Gasteiger charge is -2.10. The van der Waals surface area contributed by atoms with Crippen LogP contribution < -0.4 is 14.8 Å². The molecular weight excluding hydrogens is 300 g/mol. The fraction of sp³-hybridized carbons (Fsp3) is 0.312. The van der Waals surface area contributed by atoms with Gasteiger partial charge in [0.25, 0.3) is 5.91 Å². The first-order valence-electron chi connectivity index (χ1n) is 7.20. The number of aldehydes is 1. The van der Waals surface area contributed by atoms with Gasteiger partial charge in [-0.1, -0.05) is 12.1 Å². The fourth-order valence-corrected chi connectivity index (χ4v) is 1.79. The zero-order chi connectivity index (χ0) is 16.7. The molecule has 7 heteroatoms. The summed E-state index contributed by atoms with van der Waals surface area (Å²) in [5.74, 6) is 1.37. The van der Waals surface area contributed by atoms with Gasteiger partial charge in [-0.25, -0.2) is 0 Å². The summed E-state index contributed by atoms with van der Waals surface area (Å²) >= 11 is 0. The second kappa shape index (κ2) is 7.98. The molecule has 23 heavy (non-hydrogen) atoms. The van der Waals surface area contributed by atoms with Crippen molar-refractivity contribution in [3.63, 3.8) is 0 Å². The molecule has 0 aliphatic rings. The molecule has 1 heterocycles. The van der Waals surface area contributed by atoms with E-state index in [1.54, 1.807) is 31.2 Å². The van der Waals surface area contributed by atoms with E-state index in [-0.39, 0.29) is 6.61 Å². The summed E-state index contributed by atoms with van der Waals surface area (Å²) in [7, 11) is 0. The number of nitrogens with one attached hydrogen (secondary N) is 1. The molecule has 0 atom stereocenters. The van der Waals surface area contributed by atoms with E-state index in [0.29, 0.717) is 41.5 Å². The van der Waals surface area contributed by atoms with E-state index in [2.05, 4.69) is 10.5 Å². The molecule has 0 radical (unpaired) electrons. The molecule has 122 valence electrons. The molecule has 7 nitrogen and oxygen atoms in total. The number of rotatable bonds is 8. The molecule has 1 aromatic carbocycles. The molecule has 1 N–H and O–H groups in total. The van der Waals surface area contributed by atoms with Crippen molar-refractivity contribution in [2.75, 3.05) is 18.5 Å². The molecular formula is C16H18N2O5. The highest BCUT2D eigenvalue weighted by Gasteiger charge is 2.10. The van der Waals surface area contributed by atoms with Gasteiger partial charge in [-0.3, -0.25) is 9.59 Å². The first kappa shape index (κ1) is 16.5. The van der Waals surface area contributed by atoms with E-state index in [9.17, 15) is 9.59 Å². The Hall–Kier alpha value is -2.83. The monoisotopic (exact) mass is 318 g/mol. The number of benzene rings is 1. The second-order valence-electron chi connectivity index (χ2n) is 4.83. The van der Waals surface area contributed by atoms with Crippen LogP contribution in [0.3, 0.4) is 0 Å². The van der Waals surface area contributed by atoms with Gasteiger partial charge >= 0.3 is 0 Å². The number of carbonyl (C=O) groups excluding carboxylic acids is 2. The highest BCUT2D eigenvalue weighted by molar-refractivity contribution is 5.91. The molecule has 1 amide bonds. The maximum Gasteiger partial charge on any atom is 0.263 e. The minimum absolute atomic E-state index is 0.260. The van der Waals surface area contributed by atoms with E-state index in [0.717, 1.165) is 6.42 Å². The smallest absolute Gasteiger partial charge is 0.263 e. The van der Waals surface area contributed by atoms with Crippen molar-refractivity contribution < 1.29 is 23.6 Å². The van der Waals surface area contributed by atoms with Crippen molar-refractivity contribution in [2.45, 2.75) is 20.3 Å². The number of aryl methyl sites for hydroxylation is 1. The Labute approximate surface area is 133 Å². The molecule has 0 saturated carbocycles. The topological polar surface area (TPSA) is 90.7 Å². The van der Waals surface area contributed by atoms with Crippen molar-refractivity contribution in [2.24, 2.45) is 0 Å². The summed E-state index contributed by atoms with van der Waals surface area (Å²) in [6.45, 7) is 4.01. The van der Waals surface area contributed by atoms with Crippen molar-refractivity contribution in [1.29, 1.82) is 0 Å². The third kappa shape index (κ3) is 4.84. The van der Waals surface area contributed by atoms with Crippen LogP contribution in [0.4, 0.5) is 5.82 Å². The molecule has 0 bridgehead atoms. The largest absolute Gasteiger partial charge is 0.493 e. The van der Waals surface area contributed by atoms with E-state index in [1.807, 2.05) is 6.92 Å². The Balaban J connectivity index is 1.97. The number of ether oxygens (including phenoxy) is 2. The van der Waals surface area contributed by atoms with Gasteiger partial charge in [-0.15, -0.1) is 0 Å². The van der Waals surface area contributed by atoms with E-state index >= 15 is 0 Å². The van der Waals surface area contributed by atoms with Crippen LogP contribution in [-0.2, 0) is 4.79 Å². The number of hydrogen-bond acceptors (Lipinski definition) is 6. The fourth-order valence-electron chi connectivity index (χ4n) is 1.79. The summed E-state index contributed by atoms with van der Waals surface area (Å²) in [4.78, 5) is 22.9. The van der Waals surface area contributed by atoms with Crippen LogP contribution in [0.1, 0.15) is 29.5 Å². The average molecular weight is 318 g/mol. The van der Waals surface area contributed by atoms with Crippen LogP contribution in [-0.4, -0.2) is 30.6 Å². The molecule has 0 fully saturated rings. The summed E-state index contributed by atoms with van der Waals surface area (Å²) < 4.78 is 15.7. The van der Waals surface area contributed by atoms with Gasteiger partial charge in [-0.2, -0.15) is 0 Å². The maximum atomic E-state index is 11.8. The summed E-state index contributed by atoms with van der Waals surface area (Å²) in [5.41, 5.74) is 0.346. The Bertz CT molecular complexity index is 681. The van der Waals surface area contributed by atoms with Crippen LogP contribution in [0.2, 0.25) is 0 Å². The summed E-state index contributed by atoms with van der Waals surface area (Å²) in [5, 5.41) is 6.18. The Morgan fingerprint density at radius 1 is 1.35 bits per heavy atom. The molecule has 2 rings (SSSR count). The molecule has 0 saturated heterocycles. The molecule has 0 aliphatic carbocycles. The average Bonchev–Trinajstić information content (AvgIpc) is 2.95. The third-order valence-corrected chi connectivity index (χ3v) is 2.84. The number of aromatic nitrogens is 1. The lowest BCUT2D eigenvalue weighted by molar-refractivity contribution is -0.118. The summed E-state index contributed by atoms with van der Waals surface area (Å²) in [6.07, 6.45) is 1.53. The Morgan fingerprint density at radius 2 is 2.17 bits per heavy atom. The maximum absolute atomic E-state index is 11.8. The van der Waals surface area contributed by atoms with E-state index < -0.39 is 5.91 Å². The molecule has 2 aromatic rings. The van der Waals surface area contributed by atoms with Gasteiger partial charge < -0.3 is 19.3 Å². The van der Waals surface area contributed by atoms with Gasteiger partial charge in [0, 0.05) is 12.1 Å². The van der Waals surface area contributed by atoms with Crippen LogP contribution in [0.5, 0.6) is 11.5 Å². The SMILES string of the molecule is CCCOc1ccc(C=O)c(OCC(=O)Nc2cc(C)on2)c1. The molecule has 1 aromatic heterocycles. The van der Waals surface area contributed by atoms with Crippen LogP contribution in [0.15, 0.2) is 28.8 Å². The lowest BCUT2D eigenvalue weighted by atomic mass is 10.2. The highest BCUT2D eigenvalue weighted by Crippen LogP contribution is 2.24. The standard InChI is InChI=1S/C16H18N2O5/c1-3-6-21-13-5-4-12(9-19)14(8-13)22-10-16(20)17-15-7-11(2)23-18-15/h4-5,7-9H,3,6,10H2,1-2H3,(H,17,18,20). The van der Waals surface area contributed by atoms with Gasteiger partial charge in [-0.05, 0) is 25.5 Å². The predicted molar refractivity (Wildman–Crippen MR) is 83.0 cm³/mol. The molecule has 0 unspecified atom stereocenters. The summed E-state index contributed by atoms with van der Waals surface area (Å²) in [6, 6.07) is 6.46. The van der Waals surface area contributed by atoms with E-state index in [4.69, 9.17) is 14.0 Å². The van der Waals surface area contributed by atoms with Crippen LogP contribution >= 0.6 is 0 Å². The quantitative estimate of drug-likeness (QED) is 0.752. The van der Waals surface area contributed by atoms with Crippen LogP contribution in [0, 0.1) is 6.92 Å². The Morgan fingerprint density at radius 3 is 2.83 bits per heavy atom. The van der Waals surface area contributed by atoms with Gasteiger partial charge in [0.05, 0.1) is 12.2 Å². The predicted octanol–water partition coefficient (Wildman–Crippen LogP) is 2.60. The minimum atomic E-state index is -0.407. The van der Waals surface area contributed by atoms with Gasteiger partial charge in [0.2, 0.25) is 0 Å². The number of carbonyl (C=O) groups is 2. The van der Waals surface area contributed by atoms with Crippen LogP contribution in [0.25, 0.3) is 0 Å². The zero-order valence-electron chi connectivity index (χ0n) is 13.0. The number of anilines is 1. The number of nitrogens with zero attached hydrogens (tertiary/aromatic N) is 1. The Kier molecular flexibility index (Phi) is 5.74. The van der Waals surface area contributed by atoms with Crippen molar-refractivity contribution in [3.05, 3.63) is 35.6 Å². The van der Waals surface area contributed by atoms with Crippen molar-refractivity contribution in [3.8, 4) is 11.5 Å². The number of amides is 1. The third-order valence-electron chi connectivity index (χ3n) is 2.84. The van der Waals surface area contributed by atoms with Crippen molar-refractivity contribution >= 4 is 18.0 Å². The minimum Gasteiger partial charge on any atom is -0.493 e. The van der Waals surface area contributed by atoms with Crippen molar-refractivity contribution in [1.82, 2.24) is 5.16 Å². The molecule has 0 aliphatic heterocycles. The van der Waals surface area contributed by atoms with E-state index in [1.165, 1.54) is 0 Å². The number of hydrogen-bond donors (Lipinski definition) is 1. The van der Waals surface area contributed by atoms with Gasteiger partial charge in [0.1, 0.15) is 17.3 Å². The van der Waals surface area contributed by atoms with Gasteiger partial charge in [0.15, 0.2) is 18.7 Å². The highest BCUT2D eigenvalue weighted by atomic mass is 16.5. The lowest BCUT2D eigenvalue weighted by Crippen LogP contribution is -2.20. The first-order valence-corrected chi connectivity index (χ1v) is 7.20. The first-order chi connectivity index (χ1) is 11.1.